The second-order valence-electron chi connectivity index (χ2n) is 2.61. The standard InChI is InChI=1S/C7H14O2Si/c1-8-10(2)9-6-5-7-3-4-7/h5-7,10H,3-4H2,1-2H3. The maximum Gasteiger partial charge on any atom is 0.378 e. The lowest BCUT2D eigenvalue weighted by Gasteiger charge is -2.04. The summed E-state index contributed by atoms with van der Waals surface area (Å²) < 4.78 is 10.3. The molecule has 3 heteroatoms. The molecule has 0 N–H and O–H groups in total. The van der Waals surface area contributed by atoms with Crippen LogP contribution in [0.4, 0.5) is 0 Å². The van der Waals surface area contributed by atoms with Gasteiger partial charge in [0, 0.05) is 7.11 Å². The van der Waals surface area contributed by atoms with Gasteiger partial charge >= 0.3 is 9.28 Å². The average molecular weight is 158 g/mol. The molecule has 0 saturated heterocycles. The van der Waals surface area contributed by atoms with Crippen LogP contribution < -0.4 is 0 Å². The van der Waals surface area contributed by atoms with Gasteiger partial charge in [0.2, 0.25) is 0 Å². The Balaban J connectivity index is 2.01. The zero-order valence-corrected chi connectivity index (χ0v) is 7.69. The van der Waals surface area contributed by atoms with Gasteiger partial charge in [-0.2, -0.15) is 0 Å². The van der Waals surface area contributed by atoms with Gasteiger partial charge in [0.05, 0.1) is 6.26 Å². The molecule has 1 atom stereocenters. The van der Waals surface area contributed by atoms with Crippen molar-refractivity contribution in [2.45, 2.75) is 19.4 Å². The van der Waals surface area contributed by atoms with E-state index in [1.54, 1.807) is 13.4 Å². The summed E-state index contributed by atoms with van der Waals surface area (Å²) in [4.78, 5) is 0. The van der Waals surface area contributed by atoms with Crippen molar-refractivity contribution in [2.24, 2.45) is 5.92 Å². The number of rotatable bonds is 4. The van der Waals surface area contributed by atoms with Crippen LogP contribution in [0.5, 0.6) is 0 Å². The first-order valence-corrected chi connectivity index (χ1v) is 5.77. The van der Waals surface area contributed by atoms with Crippen LogP contribution in [0.2, 0.25) is 6.55 Å². The van der Waals surface area contributed by atoms with E-state index in [-0.39, 0.29) is 0 Å². The summed E-state index contributed by atoms with van der Waals surface area (Å²) in [6, 6.07) is 0. The predicted molar refractivity (Wildman–Crippen MR) is 43.0 cm³/mol. The van der Waals surface area contributed by atoms with E-state index in [1.807, 2.05) is 6.55 Å². The molecule has 58 valence electrons. The van der Waals surface area contributed by atoms with E-state index in [4.69, 9.17) is 8.85 Å². The highest BCUT2D eigenvalue weighted by Gasteiger charge is 2.17. The van der Waals surface area contributed by atoms with Gasteiger partial charge in [-0.15, -0.1) is 0 Å². The second kappa shape index (κ2) is 3.78. The molecule has 0 spiro atoms. The average Bonchev–Trinajstić information content (AvgIpc) is 2.71. The Morgan fingerprint density at radius 3 is 2.70 bits per heavy atom. The van der Waals surface area contributed by atoms with Crippen molar-refractivity contribution in [1.29, 1.82) is 0 Å². The minimum Gasteiger partial charge on any atom is -0.529 e. The molecule has 0 aromatic carbocycles. The lowest BCUT2D eigenvalue weighted by molar-refractivity contribution is 0.313. The van der Waals surface area contributed by atoms with E-state index < -0.39 is 9.28 Å². The van der Waals surface area contributed by atoms with Gasteiger partial charge in [-0.25, -0.2) is 0 Å². The van der Waals surface area contributed by atoms with E-state index in [0.29, 0.717) is 0 Å². The highest BCUT2D eigenvalue weighted by atomic mass is 28.3. The summed E-state index contributed by atoms with van der Waals surface area (Å²) in [5.74, 6) is 0.804. The Hall–Kier alpha value is -0.283. The quantitative estimate of drug-likeness (QED) is 0.455. The third-order valence-electron chi connectivity index (χ3n) is 1.57. The summed E-state index contributed by atoms with van der Waals surface area (Å²) in [6.07, 6.45) is 6.60. The monoisotopic (exact) mass is 158 g/mol. The third kappa shape index (κ3) is 3.03. The van der Waals surface area contributed by atoms with Crippen molar-refractivity contribution in [1.82, 2.24) is 0 Å². The van der Waals surface area contributed by atoms with Crippen LogP contribution in [0.3, 0.4) is 0 Å². The van der Waals surface area contributed by atoms with Crippen LogP contribution in [0.15, 0.2) is 12.3 Å². The minimum atomic E-state index is -1.30. The molecular weight excluding hydrogens is 144 g/mol. The van der Waals surface area contributed by atoms with Crippen LogP contribution in [0, 0.1) is 5.92 Å². The van der Waals surface area contributed by atoms with Crippen LogP contribution in [0.1, 0.15) is 12.8 Å². The maximum absolute atomic E-state index is 5.28. The number of hydrogen-bond donors (Lipinski definition) is 0. The maximum atomic E-state index is 5.28. The lowest BCUT2D eigenvalue weighted by atomic mass is 10.4. The Bertz CT molecular complexity index is 121. The molecule has 1 saturated carbocycles. The summed E-state index contributed by atoms with van der Waals surface area (Å²) in [7, 11) is 0.397. The molecule has 0 aromatic rings. The van der Waals surface area contributed by atoms with Gasteiger partial charge in [0.1, 0.15) is 0 Å². The molecule has 0 aliphatic heterocycles. The summed E-state index contributed by atoms with van der Waals surface area (Å²) in [5, 5.41) is 0. The number of hydrogen-bond acceptors (Lipinski definition) is 2. The molecule has 2 nitrogen and oxygen atoms in total. The molecule has 0 bridgehead atoms. The van der Waals surface area contributed by atoms with E-state index in [9.17, 15) is 0 Å². The van der Waals surface area contributed by atoms with Gasteiger partial charge in [-0.3, -0.25) is 0 Å². The molecule has 1 fully saturated rings. The van der Waals surface area contributed by atoms with Gasteiger partial charge in [0.15, 0.2) is 0 Å². The summed E-state index contributed by atoms with van der Waals surface area (Å²) >= 11 is 0. The summed E-state index contributed by atoms with van der Waals surface area (Å²) in [6.45, 7) is 2.01. The largest absolute Gasteiger partial charge is 0.529 e. The molecule has 10 heavy (non-hydrogen) atoms. The summed E-state index contributed by atoms with van der Waals surface area (Å²) in [5.41, 5.74) is 0. The fourth-order valence-electron chi connectivity index (χ4n) is 0.611. The number of allylic oxidation sites excluding steroid dienone is 1. The predicted octanol–water partition coefficient (Wildman–Crippen LogP) is 1.42. The normalized spacial score (nSPS) is 21.4. The first-order valence-electron chi connectivity index (χ1n) is 3.68. The Morgan fingerprint density at radius 2 is 2.20 bits per heavy atom. The molecule has 0 aromatic heterocycles. The van der Waals surface area contributed by atoms with Crippen molar-refractivity contribution in [3.8, 4) is 0 Å². The SMILES string of the molecule is CO[SiH](C)OC=CC1CC1. The molecule has 0 heterocycles. The van der Waals surface area contributed by atoms with Crippen LogP contribution in [-0.2, 0) is 8.85 Å². The topological polar surface area (TPSA) is 18.5 Å². The van der Waals surface area contributed by atoms with E-state index in [1.165, 1.54) is 12.8 Å². The van der Waals surface area contributed by atoms with Gasteiger partial charge in [-0.1, -0.05) is 0 Å². The first-order chi connectivity index (χ1) is 4.83. The molecule has 1 rings (SSSR count). The molecule has 1 unspecified atom stereocenters. The molecule has 1 aliphatic rings. The van der Waals surface area contributed by atoms with E-state index in [0.717, 1.165) is 5.92 Å². The third-order valence-corrected chi connectivity index (χ3v) is 2.78. The molecule has 1 aliphatic carbocycles. The van der Waals surface area contributed by atoms with Crippen molar-refractivity contribution in [3.05, 3.63) is 12.3 Å². The molecular formula is C7H14O2Si. The van der Waals surface area contributed by atoms with Crippen molar-refractivity contribution in [2.75, 3.05) is 7.11 Å². The van der Waals surface area contributed by atoms with Crippen molar-refractivity contribution in [3.63, 3.8) is 0 Å². The fraction of sp³-hybridized carbons (Fsp3) is 0.714. The first kappa shape index (κ1) is 7.82. The van der Waals surface area contributed by atoms with Crippen LogP contribution in [-0.4, -0.2) is 16.4 Å². The van der Waals surface area contributed by atoms with E-state index >= 15 is 0 Å². The lowest BCUT2D eigenvalue weighted by Crippen LogP contribution is -2.12. The highest BCUT2D eigenvalue weighted by molar-refractivity contribution is 6.42. The Kier molecular flexibility index (Phi) is 2.96. The Morgan fingerprint density at radius 1 is 1.50 bits per heavy atom. The van der Waals surface area contributed by atoms with Gasteiger partial charge in [-0.05, 0) is 31.4 Å². The highest BCUT2D eigenvalue weighted by Crippen LogP contribution is 2.29. The van der Waals surface area contributed by atoms with Crippen molar-refractivity contribution < 1.29 is 8.85 Å². The van der Waals surface area contributed by atoms with Crippen LogP contribution in [0.25, 0.3) is 0 Å². The van der Waals surface area contributed by atoms with Gasteiger partial charge < -0.3 is 8.85 Å². The van der Waals surface area contributed by atoms with Crippen LogP contribution >= 0.6 is 0 Å². The molecule has 0 radical (unpaired) electrons. The van der Waals surface area contributed by atoms with Gasteiger partial charge in [0.25, 0.3) is 0 Å². The van der Waals surface area contributed by atoms with E-state index in [2.05, 4.69) is 6.08 Å². The van der Waals surface area contributed by atoms with Crippen molar-refractivity contribution >= 4 is 9.28 Å². The fourth-order valence-corrected chi connectivity index (χ4v) is 1.03. The zero-order valence-electron chi connectivity index (χ0n) is 6.54. The smallest absolute Gasteiger partial charge is 0.378 e. The molecule has 0 amide bonds. The zero-order chi connectivity index (χ0) is 7.40. The second-order valence-corrected chi connectivity index (χ2v) is 4.48. The minimum absolute atomic E-state index is 0.804. The Labute approximate surface area is 63.7 Å².